The van der Waals surface area contributed by atoms with Crippen molar-refractivity contribution >= 4 is 34.3 Å². The SMILES string of the molecule is CN(c1c(C(=O)O)cnc2ccccc12)C1CCSC1. The lowest BCUT2D eigenvalue weighted by atomic mass is 10.1. The summed E-state index contributed by atoms with van der Waals surface area (Å²) in [5.74, 6) is 1.27. The number of aromatic carboxylic acids is 1. The fraction of sp³-hybridized carbons (Fsp3) is 0.333. The monoisotopic (exact) mass is 288 g/mol. The predicted molar refractivity (Wildman–Crippen MR) is 82.8 cm³/mol. The third-order valence-corrected chi connectivity index (χ3v) is 4.93. The van der Waals surface area contributed by atoms with Crippen molar-refractivity contribution in [1.82, 2.24) is 4.98 Å². The quantitative estimate of drug-likeness (QED) is 0.941. The van der Waals surface area contributed by atoms with Crippen LogP contribution in [-0.4, -0.2) is 40.7 Å². The molecule has 0 radical (unpaired) electrons. The fourth-order valence-electron chi connectivity index (χ4n) is 2.67. The molecule has 1 saturated heterocycles. The molecular weight excluding hydrogens is 272 g/mol. The van der Waals surface area contributed by atoms with Crippen LogP contribution in [0.4, 0.5) is 5.69 Å². The fourth-order valence-corrected chi connectivity index (χ4v) is 3.94. The predicted octanol–water partition coefficient (Wildman–Crippen LogP) is 2.87. The summed E-state index contributed by atoms with van der Waals surface area (Å²) in [7, 11) is 1.99. The Hall–Kier alpha value is -1.75. The van der Waals surface area contributed by atoms with Gasteiger partial charge in [-0.05, 0) is 18.2 Å². The zero-order valence-electron chi connectivity index (χ0n) is 11.2. The number of aromatic nitrogens is 1. The lowest BCUT2D eigenvalue weighted by Crippen LogP contribution is -2.32. The summed E-state index contributed by atoms with van der Waals surface area (Å²) in [4.78, 5) is 17.9. The number of carbonyl (C=O) groups is 1. The molecular formula is C15H16N2O2S. The molecule has 104 valence electrons. The average Bonchev–Trinajstić information content (AvgIpc) is 2.99. The number of benzene rings is 1. The normalized spacial score (nSPS) is 18.4. The number of thioether (sulfide) groups is 1. The van der Waals surface area contributed by atoms with Crippen molar-refractivity contribution in [2.45, 2.75) is 12.5 Å². The molecule has 4 nitrogen and oxygen atoms in total. The van der Waals surface area contributed by atoms with Crippen LogP contribution >= 0.6 is 11.8 Å². The second-order valence-corrected chi connectivity index (χ2v) is 6.12. The standard InChI is InChI=1S/C15H16N2O2S/c1-17(10-6-7-20-9-10)14-11-4-2-3-5-13(11)16-8-12(14)15(18)19/h2-5,8,10H,6-7,9H2,1H3,(H,18,19). The Morgan fingerprint density at radius 3 is 2.95 bits per heavy atom. The van der Waals surface area contributed by atoms with Crippen LogP contribution in [0.25, 0.3) is 10.9 Å². The van der Waals surface area contributed by atoms with Gasteiger partial charge in [0.15, 0.2) is 0 Å². The second-order valence-electron chi connectivity index (χ2n) is 4.97. The van der Waals surface area contributed by atoms with Crippen LogP contribution in [-0.2, 0) is 0 Å². The van der Waals surface area contributed by atoms with Crippen LogP contribution in [0.2, 0.25) is 0 Å². The van der Waals surface area contributed by atoms with Crippen molar-refractivity contribution in [2.75, 3.05) is 23.5 Å². The van der Waals surface area contributed by atoms with Gasteiger partial charge in [0.1, 0.15) is 5.56 Å². The smallest absolute Gasteiger partial charge is 0.339 e. The number of para-hydroxylation sites is 1. The second kappa shape index (κ2) is 5.32. The number of carboxylic acids is 1. The summed E-state index contributed by atoms with van der Waals surface area (Å²) in [5.41, 5.74) is 1.91. The molecule has 1 aromatic heterocycles. The Balaban J connectivity index is 2.18. The highest BCUT2D eigenvalue weighted by Gasteiger charge is 2.25. The molecule has 1 aliphatic rings. The summed E-state index contributed by atoms with van der Waals surface area (Å²) in [6.07, 6.45) is 2.56. The Morgan fingerprint density at radius 1 is 1.45 bits per heavy atom. The first-order chi connectivity index (χ1) is 9.68. The molecule has 3 rings (SSSR count). The van der Waals surface area contributed by atoms with E-state index in [0.717, 1.165) is 34.5 Å². The lowest BCUT2D eigenvalue weighted by Gasteiger charge is -2.28. The van der Waals surface area contributed by atoms with Gasteiger partial charge in [-0.3, -0.25) is 4.98 Å². The van der Waals surface area contributed by atoms with Gasteiger partial charge in [-0.15, -0.1) is 0 Å². The largest absolute Gasteiger partial charge is 0.478 e. The van der Waals surface area contributed by atoms with E-state index in [9.17, 15) is 9.90 Å². The Bertz CT molecular complexity index is 653. The molecule has 1 fully saturated rings. The number of pyridine rings is 1. The topological polar surface area (TPSA) is 53.4 Å². The average molecular weight is 288 g/mol. The van der Waals surface area contributed by atoms with Crippen LogP contribution in [0.3, 0.4) is 0 Å². The van der Waals surface area contributed by atoms with E-state index in [1.165, 1.54) is 6.20 Å². The number of carboxylic acid groups (broad SMARTS) is 1. The molecule has 0 aliphatic carbocycles. The third-order valence-electron chi connectivity index (χ3n) is 3.78. The Kier molecular flexibility index (Phi) is 3.53. The molecule has 1 aliphatic heterocycles. The van der Waals surface area contributed by atoms with Gasteiger partial charge in [-0.2, -0.15) is 11.8 Å². The van der Waals surface area contributed by atoms with E-state index >= 15 is 0 Å². The lowest BCUT2D eigenvalue weighted by molar-refractivity contribution is 0.0697. The van der Waals surface area contributed by atoms with E-state index in [2.05, 4.69) is 9.88 Å². The summed E-state index contributed by atoms with van der Waals surface area (Å²) in [5, 5.41) is 10.4. The van der Waals surface area contributed by atoms with Crippen LogP contribution in [0.1, 0.15) is 16.8 Å². The zero-order chi connectivity index (χ0) is 14.1. The number of anilines is 1. The number of rotatable bonds is 3. The molecule has 5 heteroatoms. The number of hydrogen-bond acceptors (Lipinski definition) is 4. The van der Waals surface area contributed by atoms with E-state index < -0.39 is 5.97 Å². The van der Waals surface area contributed by atoms with Crippen LogP contribution in [0, 0.1) is 0 Å². The van der Waals surface area contributed by atoms with E-state index in [1.54, 1.807) is 0 Å². The van der Waals surface area contributed by atoms with Gasteiger partial charge >= 0.3 is 5.97 Å². The number of fused-ring (bicyclic) bond motifs is 1. The van der Waals surface area contributed by atoms with Crippen LogP contribution < -0.4 is 4.90 Å². The molecule has 20 heavy (non-hydrogen) atoms. The van der Waals surface area contributed by atoms with Gasteiger partial charge in [-0.25, -0.2) is 4.79 Å². The highest BCUT2D eigenvalue weighted by atomic mass is 32.2. The minimum absolute atomic E-state index is 0.281. The molecule has 0 spiro atoms. The summed E-state index contributed by atoms with van der Waals surface area (Å²) >= 11 is 1.92. The number of nitrogens with zero attached hydrogens (tertiary/aromatic N) is 2. The van der Waals surface area contributed by atoms with Crippen molar-refractivity contribution in [3.63, 3.8) is 0 Å². The van der Waals surface area contributed by atoms with Crippen molar-refractivity contribution in [2.24, 2.45) is 0 Å². The van der Waals surface area contributed by atoms with Crippen LogP contribution in [0.15, 0.2) is 30.5 Å². The van der Waals surface area contributed by atoms with Gasteiger partial charge in [0.25, 0.3) is 0 Å². The maximum atomic E-state index is 11.5. The van der Waals surface area contributed by atoms with Crippen LogP contribution in [0.5, 0.6) is 0 Å². The first-order valence-electron chi connectivity index (χ1n) is 6.60. The maximum Gasteiger partial charge on any atom is 0.339 e. The van der Waals surface area contributed by atoms with Gasteiger partial charge in [0.05, 0.1) is 11.2 Å². The zero-order valence-corrected chi connectivity index (χ0v) is 12.1. The maximum absolute atomic E-state index is 11.5. The molecule has 1 N–H and O–H groups in total. The van der Waals surface area contributed by atoms with E-state index in [-0.39, 0.29) is 5.56 Å². The van der Waals surface area contributed by atoms with E-state index in [1.807, 2.05) is 43.1 Å². The van der Waals surface area contributed by atoms with Gasteiger partial charge in [0.2, 0.25) is 0 Å². The molecule has 1 aromatic carbocycles. The third kappa shape index (κ3) is 2.22. The first kappa shape index (κ1) is 13.2. The molecule has 0 amide bonds. The minimum Gasteiger partial charge on any atom is -0.478 e. The van der Waals surface area contributed by atoms with Gasteiger partial charge in [0, 0.05) is 30.4 Å². The molecule has 1 atom stereocenters. The van der Waals surface area contributed by atoms with Crippen molar-refractivity contribution in [1.29, 1.82) is 0 Å². The van der Waals surface area contributed by atoms with E-state index in [0.29, 0.717) is 6.04 Å². The van der Waals surface area contributed by atoms with Gasteiger partial charge in [-0.1, -0.05) is 18.2 Å². The molecule has 0 bridgehead atoms. The summed E-state index contributed by atoms with van der Waals surface area (Å²) in [6.45, 7) is 0. The van der Waals surface area contributed by atoms with Crippen molar-refractivity contribution in [3.8, 4) is 0 Å². The molecule has 2 heterocycles. The van der Waals surface area contributed by atoms with E-state index in [4.69, 9.17) is 0 Å². The van der Waals surface area contributed by atoms with Crippen molar-refractivity contribution in [3.05, 3.63) is 36.0 Å². The molecule has 1 unspecified atom stereocenters. The highest BCUT2D eigenvalue weighted by Crippen LogP contribution is 2.33. The minimum atomic E-state index is -0.921. The highest BCUT2D eigenvalue weighted by molar-refractivity contribution is 7.99. The first-order valence-corrected chi connectivity index (χ1v) is 7.75. The van der Waals surface area contributed by atoms with Crippen molar-refractivity contribution < 1.29 is 9.90 Å². The Morgan fingerprint density at radius 2 is 2.25 bits per heavy atom. The Labute approximate surface area is 121 Å². The molecule has 0 saturated carbocycles. The number of hydrogen-bond donors (Lipinski definition) is 1. The molecule has 2 aromatic rings. The summed E-state index contributed by atoms with van der Waals surface area (Å²) in [6, 6.07) is 8.11. The van der Waals surface area contributed by atoms with Gasteiger partial charge < -0.3 is 10.0 Å². The summed E-state index contributed by atoms with van der Waals surface area (Å²) < 4.78 is 0.